The second-order valence-corrected chi connectivity index (χ2v) is 10.7. The highest BCUT2D eigenvalue weighted by molar-refractivity contribution is 6.32. The van der Waals surface area contributed by atoms with E-state index >= 15 is 0 Å². The van der Waals surface area contributed by atoms with Crippen LogP contribution in [0.15, 0.2) is 66.9 Å². The zero-order valence-corrected chi connectivity index (χ0v) is 25.0. The van der Waals surface area contributed by atoms with Crippen molar-refractivity contribution in [1.29, 1.82) is 5.26 Å². The monoisotopic (exact) mass is 647 g/mol. The number of benzene rings is 2. The molecule has 234 valence electrons. The maximum atomic E-state index is 14.0. The van der Waals surface area contributed by atoms with E-state index in [1.807, 2.05) is 36.4 Å². The molecule has 5 rings (SSSR count). The van der Waals surface area contributed by atoms with Gasteiger partial charge in [-0.15, -0.1) is 5.10 Å². The van der Waals surface area contributed by atoms with E-state index in [4.69, 9.17) is 11.6 Å². The van der Waals surface area contributed by atoms with E-state index in [-0.39, 0.29) is 58.7 Å². The quantitative estimate of drug-likeness (QED) is 0.198. The van der Waals surface area contributed by atoms with Crippen LogP contribution in [0.5, 0.6) is 0 Å². The van der Waals surface area contributed by atoms with Gasteiger partial charge < -0.3 is 5.32 Å². The van der Waals surface area contributed by atoms with Crippen LogP contribution in [0.25, 0.3) is 5.82 Å². The molecule has 5 aromatic rings. The minimum atomic E-state index is -4.39. The van der Waals surface area contributed by atoms with Gasteiger partial charge in [-0.3, -0.25) is 9.59 Å². The summed E-state index contributed by atoms with van der Waals surface area (Å²) in [5.74, 6) is -0.779. The number of hydrogen-bond acceptors (Lipinski definition) is 8. The second-order valence-electron chi connectivity index (χ2n) is 10.3. The Morgan fingerprint density at radius 1 is 1.09 bits per heavy atom. The number of pyridine rings is 1. The first kappa shape index (κ1) is 32.0. The topological polar surface area (TPSA) is 144 Å². The molecule has 46 heavy (non-hydrogen) atoms. The van der Waals surface area contributed by atoms with Crippen LogP contribution < -0.4 is 5.32 Å². The molecule has 0 atom stereocenters. The van der Waals surface area contributed by atoms with Crippen molar-refractivity contribution in [2.24, 2.45) is 0 Å². The molecule has 0 spiro atoms. The van der Waals surface area contributed by atoms with Crippen LogP contribution in [0.1, 0.15) is 61.0 Å². The lowest BCUT2D eigenvalue weighted by molar-refractivity contribution is -0.134. The summed E-state index contributed by atoms with van der Waals surface area (Å²) in [7, 11) is 0. The lowest BCUT2D eigenvalue weighted by Gasteiger charge is -2.14. The summed E-state index contributed by atoms with van der Waals surface area (Å²) < 4.78 is 40.9. The first-order valence-corrected chi connectivity index (χ1v) is 14.3. The van der Waals surface area contributed by atoms with Crippen LogP contribution in [-0.2, 0) is 25.9 Å². The number of ketones is 1. The number of amides is 1. The van der Waals surface area contributed by atoms with Crippen LogP contribution >= 0.6 is 11.6 Å². The van der Waals surface area contributed by atoms with Crippen LogP contribution in [0.2, 0.25) is 5.02 Å². The van der Waals surface area contributed by atoms with Gasteiger partial charge in [0.1, 0.15) is 5.69 Å². The number of nitrogens with one attached hydrogen (secondary N) is 1. The summed E-state index contributed by atoms with van der Waals surface area (Å²) in [6.45, 7) is 1.80. The third kappa shape index (κ3) is 7.62. The summed E-state index contributed by atoms with van der Waals surface area (Å²) in [6, 6.07) is 19.0. The van der Waals surface area contributed by atoms with Crippen molar-refractivity contribution in [2.75, 3.05) is 0 Å². The van der Waals surface area contributed by atoms with Crippen molar-refractivity contribution in [3.8, 4) is 11.9 Å². The highest BCUT2D eigenvalue weighted by Crippen LogP contribution is 2.25. The molecule has 2 aromatic carbocycles. The average molecular weight is 648 g/mol. The Bertz CT molecular complexity index is 1930. The Labute approximate surface area is 265 Å². The van der Waals surface area contributed by atoms with Gasteiger partial charge in [0, 0.05) is 31.1 Å². The number of alkyl halides is 3. The summed E-state index contributed by atoms with van der Waals surface area (Å²) in [5.41, 5.74) is 2.57. The van der Waals surface area contributed by atoms with Crippen molar-refractivity contribution >= 4 is 23.3 Å². The van der Waals surface area contributed by atoms with E-state index < -0.39 is 30.7 Å². The lowest BCUT2D eigenvalue weighted by Crippen LogP contribution is -2.25. The smallest absolute Gasteiger partial charge is 0.348 e. The number of nitriles is 1. The van der Waals surface area contributed by atoms with Crippen LogP contribution in [0, 0.1) is 18.3 Å². The molecule has 0 aliphatic heterocycles. The van der Waals surface area contributed by atoms with Gasteiger partial charge in [-0.1, -0.05) is 41.9 Å². The van der Waals surface area contributed by atoms with E-state index in [9.17, 15) is 28.0 Å². The van der Waals surface area contributed by atoms with Gasteiger partial charge in [0.15, 0.2) is 17.4 Å². The zero-order chi connectivity index (χ0) is 32.8. The SMILES string of the molecule is Cc1cc(C#N)cc(C(=O)NCc2ccccc2)c1CC(=O)c1cc(Cn2nnnc2CCC(F)(F)F)nn1-c1ncccc1Cl. The number of halogens is 4. The fourth-order valence-electron chi connectivity index (χ4n) is 4.78. The number of hydrogen-bond donors (Lipinski definition) is 1. The van der Waals surface area contributed by atoms with Gasteiger partial charge in [-0.05, 0) is 64.4 Å². The molecule has 0 bridgehead atoms. The molecule has 0 aliphatic rings. The number of carbonyl (C=O) groups excluding carboxylic acids is 2. The van der Waals surface area contributed by atoms with E-state index in [2.05, 4.69) is 30.9 Å². The van der Waals surface area contributed by atoms with Gasteiger partial charge in [0.05, 0.1) is 35.3 Å². The summed E-state index contributed by atoms with van der Waals surface area (Å²) in [4.78, 5) is 31.6. The zero-order valence-electron chi connectivity index (χ0n) is 24.3. The summed E-state index contributed by atoms with van der Waals surface area (Å²) in [5, 5.41) is 28.1. The molecule has 0 saturated carbocycles. The fraction of sp³-hybridized carbons (Fsp3) is 0.226. The predicted molar refractivity (Wildman–Crippen MR) is 159 cm³/mol. The Morgan fingerprint density at radius 3 is 2.59 bits per heavy atom. The maximum Gasteiger partial charge on any atom is 0.389 e. The normalized spacial score (nSPS) is 11.3. The molecule has 1 amide bonds. The van der Waals surface area contributed by atoms with Gasteiger partial charge in [-0.25, -0.2) is 14.3 Å². The van der Waals surface area contributed by atoms with E-state index in [1.54, 1.807) is 25.1 Å². The average Bonchev–Trinajstić information content (AvgIpc) is 3.67. The minimum Gasteiger partial charge on any atom is -0.348 e. The predicted octanol–water partition coefficient (Wildman–Crippen LogP) is 4.99. The van der Waals surface area contributed by atoms with Crippen molar-refractivity contribution in [1.82, 2.24) is 40.3 Å². The van der Waals surface area contributed by atoms with Crippen molar-refractivity contribution in [3.05, 3.63) is 117 Å². The van der Waals surface area contributed by atoms with Gasteiger partial charge in [0.2, 0.25) is 0 Å². The number of tetrazole rings is 1. The van der Waals surface area contributed by atoms with E-state index in [0.29, 0.717) is 11.1 Å². The molecule has 3 heterocycles. The minimum absolute atomic E-state index is 0.00464. The largest absolute Gasteiger partial charge is 0.389 e. The van der Waals surface area contributed by atoms with Crippen LogP contribution in [0.3, 0.4) is 0 Å². The number of Topliss-reactive ketones (excluding diaryl/α,β-unsaturated/α-hetero) is 1. The molecule has 0 radical (unpaired) electrons. The number of aromatic nitrogens is 7. The maximum absolute atomic E-state index is 14.0. The fourth-order valence-corrected chi connectivity index (χ4v) is 4.98. The third-order valence-corrected chi connectivity index (χ3v) is 7.31. The Morgan fingerprint density at radius 2 is 1.87 bits per heavy atom. The van der Waals surface area contributed by atoms with E-state index in [1.165, 1.54) is 27.7 Å². The first-order chi connectivity index (χ1) is 22.0. The molecular weight excluding hydrogens is 623 g/mol. The number of rotatable bonds is 11. The van der Waals surface area contributed by atoms with Crippen molar-refractivity contribution in [3.63, 3.8) is 0 Å². The number of nitrogens with zero attached hydrogens (tertiary/aromatic N) is 8. The molecule has 0 unspecified atom stereocenters. The van der Waals surface area contributed by atoms with Crippen LogP contribution in [0.4, 0.5) is 13.2 Å². The molecular formula is C31H25ClF3N9O2. The number of carbonyl (C=O) groups is 2. The van der Waals surface area contributed by atoms with Gasteiger partial charge in [-0.2, -0.15) is 23.5 Å². The summed E-state index contributed by atoms with van der Waals surface area (Å²) >= 11 is 6.41. The Hall–Kier alpha value is -5.42. The van der Waals surface area contributed by atoms with E-state index in [0.717, 1.165) is 5.56 Å². The number of aryl methyl sites for hydroxylation is 2. The molecule has 3 aromatic heterocycles. The van der Waals surface area contributed by atoms with Gasteiger partial charge in [0.25, 0.3) is 5.91 Å². The molecule has 11 nitrogen and oxygen atoms in total. The molecule has 0 saturated heterocycles. The Kier molecular flexibility index (Phi) is 9.53. The van der Waals surface area contributed by atoms with Crippen LogP contribution in [-0.4, -0.2) is 52.8 Å². The first-order valence-electron chi connectivity index (χ1n) is 13.9. The van der Waals surface area contributed by atoms with Crippen molar-refractivity contribution in [2.45, 2.75) is 45.5 Å². The van der Waals surface area contributed by atoms with Gasteiger partial charge >= 0.3 is 6.18 Å². The second kappa shape index (κ2) is 13.7. The molecule has 1 N–H and O–H groups in total. The standard InChI is InChI=1S/C31H25ClF3N9O2/c1-19-12-21(16-36)13-24(30(46)38-17-20-6-3-2-4-7-20)23(19)15-27(45)26-14-22(40-44(26)29-25(32)8-5-11-37-29)18-43-28(39-41-42-43)9-10-31(33,34)35/h2-8,11-14H,9-10,15,17-18H2,1H3,(H,38,46). The third-order valence-electron chi connectivity index (χ3n) is 7.02. The molecule has 15 heteroatoms. The highest BCUT2D eigenvalue weighted by atomic mass is 35.5. The molecule has 0 aliphatic carbocycles. The Balaban J connectivity index is 1.48. The van der Waals surface area contributed by atoms with Crippen molar-refractivity contribution < 1.29 is 22.8 Å². The summed E-state index contributed by atoms with van der Waals surface area (Å²) in [6.07, 6.45) is -4.73. The highest BCUT2D eigenvalue weighted by Gasteiger charge is 2.28. The molecule has 0 fully saturated rings. The lowest BCUT2D eigenvalue weighted by atomic mass is 9.93.